The zero-order valence-electron chi connectivity index (χ0n) is 9.16. The van der Waals surface area contributed by atoms with Crippen LogP contribution in [-0.4, -0.2) is 65.6 Å². The summed E-state index contributed by atoms with van der Waals surface area (Å²) in [6.45, 7) is 0.842. The van der Waals surface area contributed by atoms with E-state index in [-0.39, 0.29) is 5.91 Å². The van der Waals surface area contributed by atoms with Crippen molar-refractivity contribution in [2.75, 3.05) is 13.7 Å². The largest absolute Gasteiger partial charge is 0.394 e. The maximum absolute atomic E-state index is 10.9. The molecule has 0 radical (unpaired) electrons. The predicted octanol–water partition coefficient (Wildman–Crippen LogP) is -2.42. The second-order valence-corrected chi connectivity index (χ2v) is 3.67. The minimum Gasteiger partial charge on any atom is -0.394 e. The minimum absolute atomic E-state index is 0.371. The summed E-state index contributed by atoms with van der Waals surface area (Å²) in [5.74, 6) is -0.371. The summed E-state index contributed by atoms with van der Waals surface area (Å²) in [6.07, 6.45) is -4.35. The summed E-state index contributed by atoms with van der Waals surface area (Å²) in [5.41, 5.74) is 0. The molecule has 1 aliphatic rings. The smallest absolute Gasteiger partial charge is 0.217 e. The van der Waals surface area contributed by atoms with Crippen molar-refractivity contribution >= 4 is 5.91 Å². The molecule has 0 aromatic rings. The zero-order chi connectivity index (χ0) is 12.3. The van der Waals surface area contributed by atoms with Gasteiger partial charge in [-0.3, -0.25) is 4.79 Å². The fourth-order valence-corrected chi connectivity index (χ4v) is 1.67. The van der Waals surface area contributed by atoms with Gasteiger partial charge < -0.3 is 30.1 Å². The third kappa shape index (κ3) is 2.69. The Morgan fingerprint density at radius 3 is 2.50 bits per heavy atom. The average Bonchev–Trinajstić information content (AvgIpc) is 2.25. The molecule has 4 N–H and O–H groups in total. The lowest BCUT2D eigenvalue weighted by atomic mass is 9.97. The van der Waals surface area contributed by atoms with E-state index in [1.807, 2.05) is 0 Å². The van der Waals surface area contributed by atoms with Crippen molar-refractivity contribution in [3.63, 3.8) is 0 Å². The number of rotatable bonds is 3. The Hall–Kier alpha value is -0.730. The van der Waals surface area contributed by atoms with Gasteiger partial charge in [0, 0.05) is 14.0 Å². The summed E-state index contributed by atoms with van der Waals surface area (Å²) >= 11 is 0. The second-order valence-electron chi connectivity index (χ2n) is 3.67. The Labute approximate surface area is 93.0 Å². The number of carbonyl (C=O) groups excluding carboxylic acids is 1. The second kappa shape index (κ2) is 5.55. The highest BCUT2D eigenvalue weighted by molar-refractivity contribution is 5.73. The van der Waals surface area contributed by atoms with Crippen molar-refractivity contribution in [3.05, 3.63) is 0 Å². The van der Waals surface area contributed by atoms with Crippen molar-refractivity contribution in [3.8, 4) is 0 Å². The molecule has 1 fully saturated rings. The summed E-state index contributed by atoms with van der Waals surface area (Å²) in [7, 11) is 1.35. The van der Waals surface area contributed by atoms with Crippen molar-refractivity contribution in [1.29, 1.82) is 0 Å². The van der Waals surface area contributed by atoms with Crippen LogP contribution in [0.15, 0.2) is 0 Å². The topological polar surface area (TPSA) is 108 Å². The number of aliphatic hydroxyl groups is 3. The lowest BCUT2D eigenvalue weighted by molar-refractivity contribution is -0.262. The lowest BCUT2D eigenvalue weighted by Gasteiger charge is -2.41. The van der Waals surface area contributed by atoms with Gasteiger partial charge in [-0.15, -0.1) is 0 Å². The number of hydrogen-bond acceptors (Lipinski definition) is 6. The van der Waals surface area contributed by atoms with Gasteiger partial charge in [-0.1, -0.05) is 0 Å². The molecule has 0 saturated carbocycles. The number of hydrogen-bond donors (Lipinski definition) is 4. The van der Waals surface area contributed by atoms with Crippen LogP contribution in [0.2, 0.25) is 0 Å². The molecule has 1 amide bonds. The Morgan fingerprint density at radius 1 is 1.44 bits per heavy atom. The van der Waals surface area contributed by atoms with Crippen LogP contribution in [0.4, 0.5) is 0 Å². The van der Waals surface area contributed by atoms with Gasteiger partial charge in [-0.2, -0.15) is 0 Å². The van der Waals surface area contributed by atoms with Crippen LogP contribution < -0.4 is 5.32 Å². The number of amides is 1. The summed E-state index contributed by atoms with van der Waals surface area (Å²) < 4.78 is 10.1. The molecule has 1 rings (SSSR count). The van der Waals surface area contributed by atoms with Crippen molar-refractivity contribution in [2.24, 2.45) is 0 Å². The molecule has 1 heterocycles. The third-order valence-electron chi connectivity index (χ3n) is 2.48. The molecule has 0 aliphatic carbocycles. The molecule has 0 aromatic carbocycles. The van der Waals surface area contributed by atoms with E-state index in [9.17, 15) is 15.0 Å². The van der Waals surface area contributed by atoms with Crippen molar-refractivity contribution in [1.82, 2.24) is 5.32 Å². The molecule has 16 heavy (non-hydrogen) atoms. The monoisotopic (exact) mass is 235 g/mol. The number of aliphatic hydroxyl groups excluding tert-OH is 3. The summed E-state index contributed by atoms with van der Waals surface area (Å²) in [6, 6.07) is -0.861. The molecule has 0 spiro atoms. The normalized spacial score (nSPS) is 39.4. The van der Waals surface area contributed by atoms with Gasteiger partial charge in [0.05, 0.1) is 6.61 Å². The number of ether oxygens (including phenoxy) is 2. The van der Waals surface area contributed by atoms with E-state index in [1.165, 1.54) is 14.0 Å². The van der Waals surface area contributed by atoms with E-state index in [0.717, 1.165) is 0 Å². The van der Waals surface area contributed by atoms with Gasteiger partial charge in [-0.05, 0) is 0 Å². The molecular weight excluding hydrogens is 218 g/mol. The Balaban J connectivity index is 2.77. The fraction of sp³-hybridized carbons (Fsp3) is 0.889. The zero-order valence-corrected chi connectivity index (χ0v) is 9.16. The molecule has 5 atom stereocenters. The molecule has 1 aliphatic heterocycles. The number of carbonyl (C=O) groups is 1. The van der Waals surface area contributed by atoms with Crippen LogP contribution in [0, 0.1) is 0 Å². The molecule has 7 nitrogen and oxygen atoms in total. The first-order chi connectivity index (χ1) is 7.51. The van der Waals surface area contributed by atoms with E-state index >= 15 is 0 Å². The Kier molecular flexibility index (Phi) is 4.63. The van der Waals surface area contributed by atoms with E-state index < -0.39 is 37.3 Å². The van der Waals surface area contributed by atoms with Gasteiger partial charge in [0.25, 0.3) is 0 Å². The first-order valence-electron chi connectivity index (χ1n) is 4.93. The number of methoxy groups -OCH3 is 1. The van der Waals surface area contributed by atoms with E-state index in [0.29, 0.717) is 0 Å². The van der Waals surface area contributed by atoms with Crippen molar-refractivity contribution in [2.45, 2.75) is 37.6 Å². The van der Waals surface area contributed by atoms with Crippen LogP contribution in [-0.2, 0) is 14.3 Å². The molecular formula is C9H17NO6. The molecule has 0 bridgehead atoms. The van der Waals surface area contributed by atoms with Crippen LogP contribution in [0.5, 0.6) is 0 Å². The maximum Gasteiger partial charge on any atom is 0.217 e. The van der Waals surface area contributed by atoms with E-state index in [4.69, 9.17) is 14.6 Å². The van der Waals surface area contributed by atoms with Gasteiger partial charge >= 0.3 is 0 Å². The van der Waals surface area contributed by atoms with Crippen molar-refractivity contribution < 1.29 is 29.6 Å². The van der Waals surface area contributed by atoms with E-state index in [2.05, 4.69) is 5.32 Å². The SMILES string of the molecule is CO[C@H]1O[C@H](CO)[C@@H](O)[C@H](O)[C@H]1NC(C)=O. The highest BCUT2D eigenvalue weighted by Gasteiger charge is 2.44. The maximum atomic E-state index is 10.9. The standard InChI is InChI=1S/C9H17NO6/c1-4(12)10-6-8(14)7(13)5(3-11)16-9(6)15-2/h5-9,11,13-14H,3H2,1-2H3,(H,10,12)/t5-,6-,7-,8-,9+/m1/s1. The average molecular weight is 235 g/mol. The number of nitrogens with one attached hydrogen (secondary N) is 1. The summed E-state index contributed by atoms with van der Waals surface area (Å²) in [5, 5.41) is 30.7. The Morgan fingerprint density at radius 2 is 2.06 bits per heavy atom. The lowest BCUT2D eigenvalue weighted by Crippen LogP contribution is -2.64. The van der Waals surface area contributed by atoms with Crippen LogP contribution in [0.3, 0.4) is 0 Å². The fourth-order valence-electron chi connectivity index (χ4n) is 1.67. The van der Waals surface area contributed by atoms with Crippen LogP contribution in [0.1, 0.15) is 6.92 Å². The quantitative estimate of drug-likeness (QED) is 0.433. The van der Waals surface area contributed by atoms with Gasteiger partial charge in [0.1, 0.15) is 24.4 Å². The van der Waals surface area contributed by atoms with Gasteiger partial charge in [-0.25, -0.2) is 0 Å². The molecule has 1 saturated heterocycles. The summed E-state index contributed by atoms with van der Waals surface area (Å²) in [4.78, 5) is 10.9. The molecule has 94 valence electrons. The van der Waals surface area contributed by atoms with Crippen LogP contribution in [0.25, 0.3) is 0 Å². The molecule has 0 unspecified atom stereocenters. The van der Waals surface area contributed by atoms with E-state index in [1.54, 1.807) is 0 Å². The van der Waals surface area contributed by atoms with Crippen LogP contribution >= 0.6 is 0 Å². The molecule has 0 aromatic heterocycles. The minimum atomic E-state index is -1.27. The predicted molar refractivity (Wildman–Crippen MR) is 52.4 cm³/mol. The van der Waals surface area contributed by atoms with Gasteiger partial charge in [0.15, 0.2) is 6.29 Å². The third-order valence-corrected chi connectivity index (χ3v) is 2.48. The highest BCUT2D eigenvalue weighted by Crippen LogP contribution is 2.21. The Bertz CT molecular complexity index is 246. The highest BCUT2D eigenvalue weighted by atomic mass is 16.7. The first kappa shape index (κ1) is 13.3. The molecule has 7 heteroatoms. The van der Waals surface area contributed by atoms with Gasteiger partial charge in [0.2, 0.25) is 5.91 Å². The first-order valence-corrected chi connectivity index (χ1v) is 4.93.